The van der Waals surface area contributed by atoms with E-state index in [1.807, 2.05) is 0 Å². The molecule has 0 amide bonds. The van der Waals surface area contributed by atoms with Gasteiger partial charge in [-0.25, -0.2) is 0 Å². The van der Waals surface area contributed by atoms with Crippen molar-refractivity contribution in [2.75, 3.05) is 13.2 Å². The first kappa shape index (κ1) is 17.2. The van der Waals surface area contributed by atoms with Crippen LogP contribution in [-0.4, -0.2) is 34.6 Å². The fourth-order valence-corrected chi connectivity index (χ4v) is 6.02. The standard InChI is InChI=1S/C20H32O3/c1-4-18(2)9-7-15-14(11-18)5-6-16-19(15,3)10-8-17(23)20(16,12-21)13-22/h4,11,15-17,21-23H,1,5-10,12-13H2,2-3H3/t15-,16-,17+,18+,19-/m1/s1. The first-order valence-corrected chi connectivity index (χ1v) is 9.10. The van der Waals surface area contributed by atoms with Crippen LogP contribution >= 0.6 is 0 Å². The lowest BCUT2D eigenvalue weighted by Crippen LogP contribution is -2.60. The fraction of sp³-hybridized carbons (Fsp3) is 0.800. The van der Waals surface area contributed by atoms with Crippen LogP contribution in [-0.2, 0) is 0 Å². The number of hydrogen-bond acceptors (Lipinski definition) is 3. The Morgan fingerprint density at radius 2 is 1.87 bits per heavy atom. The second-order valence-corrected chi connectivity index (χ2v) is 8.72. The monoisotopic (exact) mass is 320 g/mol. The van der Waals surface area contributed by atoms with Crippen LogP contribution in [0.3, 0.4) is 0 Å². The molecule has 5 atom stereocenters. The van der Waals surface area contributed by atoms with Crippen molar-refractivity contribution < 1.29 is 15.3 Å². The molecule has 3 heteroatoms. The molecule has 0 radical (unpaired) electrons. The van der Waals surface area contributed by atoms with Gasteiger partial charge in [-0.1, -0.05) is 31.6 Å². The summed E-state index contributed by atoms with van der Waals surface area (Å²) in [4.78, 5) is 0. The lowest BCUT2D eigenvalue weighted by Gasteiger charge is -2.61. The molecule has 130 valence electrons. The van der Waals surface area contributed by atoms with Crippen LogP contribution in [0.5, 0.6) is 0 Å². The van der Waals surface area contributed by atoms with E-state index >= 15 is 0 Å². The Morgan fingerprint density at radius 1 is 1.17 bits per heavy atom. The third-order valence-electron chi connectivity index (χ3n) is 7.62. The minimum atomic E-state index is -0.738. The van der Waals surface area contributed by atoms with Gasteiger partial charge in [0.2, 0.25) is 0 Å². The van der Waals surface area contributed by atoms with E-state index in [1.54, 1.807) is 5.57 Å². The predicted octanol–water partition coefficient (Wildman–Crippen LogP) is 3.06. The molecule has 3 aliphatic rings. The van der Waals surface area contributed by atoms with E-state index in [4.69, 9.17) is 0 Å². The van der Waals surface area contributed by atoms with Gasteiger partial charge in [0.1, 0.15) is 0 Å². The first-order valence-electron chi connectivity index (χ1n) is 9.10. The zero-order valence-corrected chi connectivity index (χ0v) is 14.6. The van der Waals surface area contributed by atoms with Crippen molar-refractivity contribution in [2.45, 2.75) is 58.5 Å². The Morgan fingerprint density at radius 3 is 2.48 bits per heavy atom. The van der Waals surface area contributed by atoms with E-state index in [9.17, 15) is 15.3 Å². The molecule has 3 rings (SSSR count). The molecule has 0 unspecified atom stereocenters. The van der Waals surface area contributed by atoms with Gasteiger partial charge < -0.3 is 15.3 Å². The van der Waals surface area contributed by atoms with Crippen molar-refractivity contribution in [2.24, 2.45) is 28.1 Å². The Bertz CT molecular complexity index is 507. The zero-order valence-electron chi connectivity index (χ0n) is 14.6. The van der Waals surface area contributed by atoms with Gasteiger partial charge >= 0.3 is 0 Å². The third-order valence-corrected chi connectivity index (χ3v) is 7.62. The van der Waals surface area contributed by atoms with E-state index in [1.165, 1.54) is 0 Å². The molecule has 0 spiro atoms. The summed E-state index contributed by atoms with van der Waals surface area (Å²) in [6, 6.07) is 0. The minimum absolute atomic E-state index is 0.0667. The number of hydrogen-bond donors (Lipinski definition) is 3. The van der Waals surface area contributed by atoms with Crippen molar-refractivity contribution in [1.82, 2.24) is 0 Å². The number of allylic oxidation sites excluding steroid dienone is 3. The van der Waals surface area contributed by atoms with E-state index in [-0.39, 0.29) is 30.0 Å². The normalized spacial score (nSPS) is 45.6. The molecule has 0 aromatic heterocycles. The summed E-state index contributed by atoms with van der Waals surface area (Å²) in [6.45, 7) is 8.35. The molecule has 0 aliphatic heterocycles. The summed E-state index contributed by atoms with van der Waals surface area (Å²) >= 11 is 0. The molecule has 2 fully saturated rings. The Kier molecular flexibility index (Phi) is 4.27. The number of rotatable bonds is 3. The Labute approximate surface area is 140 Å². The molecule has 0 aromatic carbocycles. The summed E-state index contributed by atoms with van der Waals surface area (Å²) in [6.07, 6.45) is 9.78. The largest absolute Gasteiger partial charge is 0.396 e. The molecule has 2 saturated carbocycles. The van der Waals surface area contributed by atoms with Gasteiger partial charge in [0.05, 0.1) is 19.3 Å². The van der Waals surface area contributed by atoms with Gasteiger partial charge in [-0.15, -0.1) is 6.58 Å². The van der Waals surface area contributed by atoms with Gasteiger partial charge in [0.15, 0.2) is 0 Å². The second kappa shape index (κ2) is 5.72. The quantitative estimate of drug-likeness (QED) is 0.700. The molecular weight excluding hydrogens is 288 g/mol. The Balaban J connectivity index is 2.00. The highest BCUT2D eigenvalue weighted by Crippen LogP contribution is 2.63. The summed E-state index contributed by atoms with van der Waals surface area (Å²) in [5.41, 5.74) is 0.974. The molecule has 0 bridgehead atoms. The second-order valence-electron chi connectivity index (χ2n) is 8.72. The van der Waals surface area contributed by atoms with Crippen LogP contribution in [0.4, 0.5) is 0 Å². The van der Waals surface area contributed by atoms with Crippen LogP contribution in [0.15, 0.2) is 24.3 Å². The maximum absolute atomic E-state index is 10.5. The van der Waals surface area contributed by atoms with Crippen molar-refractivity contribution in [3.63, 3.8) is 0 Å². The molecule has 3 N–H and O–H groups in total. The lowest BCUT2D eigenvalue weighted by atomic mass is 9.44. The molecule has 3 aliphatic carbocycles. The molecule has 0 saturated heterocycles. The maximum atomic E-state index is 10.5. The SMILES string of the molecule is C=C[C@]1(C)C=C2CC[C@H]3C(CO)(CO)[C@@H](O)CC[C@]3(C)[C@@H]2CC1. The van der Waals surface area contributed by atoms with Crippen molar-refractivity contribution in [3.8, 4) is 0 Å². The molecule has 3 nitrogen and oxygen atoms in total. The number of aliphatic hydroxyl groups is 3. The zero-order chi connectivity index (χ0) is 16.9. The molecule has 0 heterocycles. The van der Waals surface area contributed by atoms with E-state index in [0.717, 1.165) is 32.1 Å². The van der Waals surface area contributed by atoms with E-state index in [2.05, 4.69) is 32.6 Å². The van der Waals surface area contributed by atoms with Gasteiger partial charge in [0.25, 0.3) is 0 Å². The highest BCUT2D eigenvalue weighted by atomic mass is 16.3. The minimum Gasteiger partial charge on any atom is -0.396 e. The fourth-order valence-electron chi connectivity index (χ4n) is 6.02. The van der Waals surface area contributed by atoms with Crippen molar-refractivity contribution >= 4 is 0 Å². The lowest BCUT2D eigenvalue weighted by molar-refractivity contribution is -0.180. The average Bonchev–Trinajstić information content (AvgIpc) is 2.55. The van der Waals surface area contributed by atoms with Crippen molar-refractivity contribution in [3.05, 3.63) is 24.3 Å². The van der Waals surface area contributed by atoms with Crippen LogP contribution in [0.2, 0.25) is 0 Å². The number of fused-ring (bicyclic) bond motifs is 3. The van der Waals surface area contributed by atoms with Crippen LogP contribution in [0.25, 0.3) is 0 Å². The Hall–Kier alpha value is -0.640. The van der Waals surface area contributed by atoms with E-state index in [0.29, 0.717) is 12.3 Å². The molecule has 0 aromatic rings. The van der Waals surface area contributed by atoms with E-state index < -0.39 is 11.5 Å². The topological polar surface area (TPSA) is 60.7 Å². The summed E-state index contributed by atoms with van der Waals surface area (Å²) in [5.74, 6) is 0.697. The highest BCUT2D eigenvalue weighted by Gasteiger charge is 2.60. The summed E-state index contributed by atoms with van der Waals surface area (Å²) in [5, 5.41) is 30.6. The smallest absolute Gasteiger partial charge is 0.0643 e. The van der Waals surface area contributed by atoms with Crippen LogP contribution < -0.4 is 0 Å². The third kappa shape index (κ3) is 2.35. The predicted molar refractivity (Wildman–Crippen MR) is 91.8 cm³/mol. The van der Waals surface area contributed by atoms with Gasteiger partial charge in [-0.05, 0) is 55.8 Å². The van der Waals surface area contributed by atoms with Gasteiger partial charge in [0, 0.05) is 10.8 Å². The van der Waals surface area contributed by atoms with Gasteiger partial charge in [-0.3, -0.25) is 0 Å². The summed E-state index contributed by atoms with van der Waals surface area (Å²) < 4.78 is 0. The van der Waals surface area contributed by atoms with Crippen LogP contribution in [0.1, 0.15) is 52.4 Å². The average molecular weight is 320 g/mol. The van der Waals surface area contributed by atoms with Crippen LogP contribution in [0, 0.1) is 28.1 Å². The number of aliphatic hydroxyl groups excluding tert-OH is 3. The van der Waals surface area contributed by atoms with Gasteiger partial charge in [-0.2, -0.15) is 0 Å². The highest BCUT2D eigenvalue weighted by molar-refractivity contribution is 5.27. The first-order chi connectivity index (χ1) is 10.8. The maximum Gasteiger partial charge on any atom is 0.0643 e. The summed E-state index contributed by atoms with van der Waals surface area (Å²) in [7, 11) is 0. The van der Waals surface area contributed by atoms with Crippen molar-refractivity contribution in [1.29, 1.82) is 0 Å². The molecular formula is C20H32O3. The molecule has 23 heavy (non-hydrogen) atoms.